The number of hydrogen-bond acceptors (Lipinski definition) is 0. The van der Waals surface area contributed by atoms with E-state index in [2.05, 4.69) is 243 Å². The highest BCUT2D eigenvalue weighted by molar-refractivity contribution is 7.80. The molecule has 0 aromatic heterocycles. The van der Waals surface area contributed by atoms with Gasteiger partial charge in [-0.25, -0.2) is 0 Å². The van der Waals surface area contributed by atoms with Crippen molar-refractivity contribution in [1.82, 2.24) is 0 Å². The zero-order valence-electron chi connectivity index (χ0n) is 32.0. The molecular weight excluding hydrogens is 735 g/mol. The van der Waals surface area contributed by atoms with Crippen LogP contribution in [0.1, 0.15) is 0 Å². The van der Waals surface area contributed by atoms with E-state index in [9.17, 15) is 0 Å². The standard InChI is InChI=1S/C56H40P2/c1-7-19-41(20-8-1)43-31-35-51-45(39-43)33-37-53(57(47-23-11-3-12-24-47)48-25-13-4-14-26-48)55(51)56-52-36-32-44(42-21-9-2-10-22-42)40-46(52)34-38-54(56)58(49-27-15-5-16-28-49)50-29-17-6-18-30-50/h1-40H. The quantitative estimate of drug-likeness (QED) is 0.128. The normalized spacial score (nSPS) is 11.4. The van der Waals surface area contributed by atoms with Crippen LogP contribution in [0.25, 0.3) is 54.9 Å². The van der Waals surface area contributed by atoms with Gasteiger partial charge in [0.2, 0.25) is 0 Å². The summed E-state index contributed by atoms with van der Waals surface area (Å²) in [6.07, 6.45) is 0. The molecule has 0 spiro atoms. The van der Waals surface area contributed by atoms with E-state index < -0.39 is 15.8 Å². The summed E-state index contributed by atoms with van der Waals surface area (Å²) in [5, 5.41) is 13.1. The summed E-state index contributed by atoms with van der Waals surface area (Å²) < 4.78 is 0. The van der Waals surface area contributed by atoms with Crippen molar-refractivity contribution in [3.05, 3.63) is 243 Å². The van der Waals surface area contributed by atoms with Gasteiger partial charge >= 0.3 is 0 Å². The highest BCUT2D eigenvalue weighted by atomic mass is 31.1. The lowest BCUT2D eigenvalue weighted by atomic mass is 9.91. The molecule has 10 aromatic carbocycles. The van der Waals surface area contributed by atoms with E-state index in [0.29, 0.717) is 0 Å². The van der Waals surface area contributed by atoms with Gasteiger partial charge in [-0.15, -0.1) is 0 Å². The third kappa shape index (κ3) is 6.97. The molecule has 0 aliphatic rings. The summed E-state index contributed by atoms with van der Waals surface area (Å²) in [5.41, 5.74) is 7.54. The first-order chi connectivity index (χ1) is 28.8. The van der Waals surface area contributed by atoms with E-state index in [1.807, 2.05) is 0 Å². The summed E-state index contributed by atoms with van der Waals surface area (Å²) in [5.74, 6) is 0. The fraction of sp³-hybridized carbons (Fsp3) is 0. The molecule has 0 heterocycles. The molecule has 0 unspecified atom stereocenters. The Balaban J connectivity index is 1.35. The minimum absolute atomic E-state index is 0.946. The maximum absolute atomic E-state index is 2.45. The van der Waals surface area contributed by atoms with Crippen LogP contribution in [0.3, 0.4) is 0 Å². The average Bonchev–Trinajstić information content (AvgIpc) is 3.31. The van der Waals surface area contributed by atoms with Gasteiger partial charge in [-0.1, -0.05) is 231 Å². The fourth-order valence-electron chi connectivity index (χ4n) is 8.32. The van der Waals surface area contributed by atoms with Gasteiger partial charge in [0.15, 0.2) is 0 Å². The SMILES string of the molecule is c1ccc(-c2ccc3c(-c4c(P(c5ccccc5)c5ccccc5)ccc5cc(-c6ccccc6)ccc45)c(P(c4ccccc4)c4ccccc4)ccc3c2)cc1. The second-order valence-corrected chi connectivity index (χ2v) is 18.9. The largest absolute Gasteiger partial charge is 0.0622 e. The van der Waals surface area contributed by atoms with Gasteiger partial charge in [-0.2, -0.15) is 0 Å². The van der Waals surface area contributed by atoms with E-state index in [1.165, 1.54) is 86.8 Å². The Morgan fingerprint density at radius 1 is 0.224 bits per heavy atom. The van der Waals surface area contributed by atoms with Crippen molar-refractivity contribution in [2.75, 3.05) is 0 Å². The van der Waals surface area contributed by atoms with Gasteiger partial charge in [-0.05, 0) is 115 Å². The van der Waals surface area contributed by atoms with Crippen LogP contribution in [-0.2, 0) is 0 Å². The molecule has 274 valence electrons. The predicted octanol–water partition coefficient (Wildman–Crippen LogP) is 12.5. The summed E-state index contributed by atoms with van der Waals surface area (Å²) in [6, 6.07) is 90.1. The first kappa shape index (κ1) is 36.0. The molecule has 0 nitrogen and oxygen atoms in total. The molecule has 0 N–H and O–H groups in total. The van der Waals surface area contributed by atoms with Crippen LogP contribution < -0.4 is 31.8 Å². The third-order valence-corrected chi connectivity index (χ3v) is 16.0. The maximum Gasteiger partial charge on any atom is -0.000883 e. The van der Waals surface area contributed by atoms with Gasteiger partial charge < -0.3 is 0 Å². The van der Waals surface area contributed by atoms with Crippen molar-refractivity contribution in [2.45, 2.75) is 0 Å². The van der Waals surface area contributed by atoms with Crippen LogP contribution in [0.4, 0.5) is 0 Å². The number of hydrogen-bond donors (Lipinski definition) is 0. The Hall–Kier alpha value is -6.42. The molecule has 0 amide bonds. The van der Waals surface area contributed by atoms with Crippen molar-refractivity contribution in [3.63, 3.8) is 0 Å². The van der Waals surface area contributed by atoms with Gasteiger partial charge in [0.05, 0.1) is 0 Å². The van der Waals surface area contributed by atoms with Crippen LogP contribution in [-0.4, -0.2) is 0 Å². The lowest BCUT2D eigenvalue weighted by Gasteiger charge is -2.28. The van der Waals surface area contributed by atoms with E-state index >= 15 is 0 Å². The van der Waals surface area contributed by atoms with Gasteiger partial charge in [0.1, 0.15) is 0 Å². The summed E-state index contributed by atoms with van der Waals surface area (Å²) in [6.45, 7) is 0. The zero-order valence-corrected chi connectivity index (χ0v) is 33.8. The van der Waals surface area contributed by atoms with E-state index in [4.69, 9.17) is 0 Å². The Labute approximate surface area is 343 Å². The molecule has 0 bridgehead atoms. The Bertz CT molecular complexity index is 2680. The van der Waals surface area contributed by atoms with Gasteiger partial charge in [0.25, 0.3) is 0 Å². The molecular formula is C56H40P2. The summed E-state index contributed by atoms with van der Waals surface area (Å²) >= 11 is 0. The first-order valence-electron chi connectivity index (χ1n) is 19.9. The summed E-state index contributed by atoms with van der Waals surface area (Å²) in [7, 11) is -1.89. The lowest BCUT2D eigenvalue weighted by molar-refractivity contribution is 1.64. The van der Waals surface area contributed by atoms with Gasteiger partial charge in [-0.3, -0.25) is 0 Å². The maximum atomic E-state index is 2.45. The summed E-state index contributed by atoms with van der Waals surface area (Å²) in [4.78, 5) is 0. The van der Waals surface area contributed by atoms with E-state index in [1.54, 1.807) is 0 Å². The molecule has 58 heavy (non-hydrogen) atoms. The minimum Gasteiger partial charge on any atom is -0.0622 e. The Morgan fingerprint density at radius 3 is 0.828 bits per heavy atom. The minimum atomic E-state index is -0.946. The van der Waals surface area contributed by atoms with Crippen molar-refractivity contribution in [2.24, 2.45) is 0 Å². The smallest absolute Gasteiger partial charge is 0.000883 e. The molecule has 0 saturated carbocycles. The number of benzene rings is 10. The average molecular weight is 775 g/mol. The number of rotatable bonds is 9. The molecule has 2 heteroatoms. The van der Waals surface area contributed by atoms with E-state index in [-0.39, 0.29) is 0 Å². The Morgan fingerprint density at radius 2 is 0.517 bits per heavy atom. The van der Waals surface area contributed by atoms with E-state index in [0.717, 1.165) is 0 Å². The van der Waals surface area contributed by atoms with Gasteiger partial charge in [0, 0.05) is 0 Å². The van der Waals surface area contributed by atoms with Crippen molar-refractivity contribution < 1.29 is 0 Å². The highest BCUT2D eigenvalue weighted by Gasteiger charge is 2.28. The molecule has 0 saturated heterocycles. The topological polar surface area (TPSA) is 0 Å². The lowest BCUT2D eigenvalue weighted by Crippen LogP contribution is -2.26. The molecule has 0 atom stereocenters. The van der Waals surface area contributed by atoms with Crippen LogP contribution >= 0.6 is 15.8 Å². The molecule has 0 fully saturated rings. The van der Waals surface area contributed by atoms with Crippen LogP contribution in [0.5, 0.6) is 0 Å². The van der Waals surface area contributed by atoms with Crippen molar-refractivity contribution in [3.8, 4) is 33.4 Å². The number of fused-ring (bicyclic) bond motifs is 2. The second-order valence-electron chi connectivity index (χ2n) is 14.5. The van der Waals surface area contributed by atoms with Crippen molar-refractivity contribution in [1.29, 1.82) is 0 Å². The monoisotopic (exact) mass is 774 g/mol. The Kier molecular flexibility index (Phi) is 10.0. The van der Waals surface area contributed by atoms with Crippen LogP contribution in [0.15, 0.2) is 243 Å². The van der Waals surface area contributed by atoms with Crippen LogP contribution in [0.2, 0.25) is 0 Å². The zero-order chi connectivity index (χ0) is 38.7. The molecule has 10 rings (SSSR count). The van der Waals surface area contributed by atoms with Crippen LogP contribution in [0, 0.1) is 0 Å². The third-order valence-electron chi connectivity index (χ3n) is 11.0. The molecule has 10 aromatic rings. The first-order valence-corrected chi connectivity index (χ1v) is 22.5. The second kappa shape index (κ2) is 16.2. The predicted molar refractivity (Wildman–Crippen MR) is 255 cm³/mol. The highest BCUT2D eigenvalue weighted by Crippen LogP contribution is 2.46. The fourth-order valence-corrected chi connectivity index (χ4v) is 13.3. The molecule has 0 radical (unpaired) electrons. The molecule has 0 aliphatic heterocycles. The van der Waals surface area contributed by atoms with Crippen molar-refractivity contribution >= 4 is 69.2 Å². The molecule has 0 aliphatic carbocycles.